The van der Waals surface area contributed by atoms with Gasteiger partial charge in [-0.1, -0.05) is 26.0 Å². The van der Waals surface area contributed by atoms with E-state index in [0.29, 0.717) is 12.8 Å². The van der Waals surface area contributed by atoms with Crippen LogP contribution in [0.1, 0.15) is 32.3 Å². The largest absolute Gasteiger partial charge is 0.435 e. The van der Waals surface area contributed by atoms with Gasteiger partial charge in [-0.15, -0.1) is 0 Å². The van der Waals surface area contributed by atoms with Crippen LogP contribution in [0.15, 0.2) is 24.3 Å². The Balaban J connectivity index is 2.97. The Morgan fingerprint density at radius 1 is 1.24 bits per heavy atom. The predicted molar refractivity (Wildman–Crippen MR) is 60.9 cm³/mol. The maximum atomic E-state index is 12.0. The number of benzene rings is 1. The first kappa shape index (κ1) is 13.4. The molecule has 0 amide bonds. The summed E-state index contributed by atoms with van der Waals surface area (Å²) in [6.07, 6.45) is 1.38. The Bertz CT molecular complexity index is 391. The zero-order chi connectivity index (χ0) is 12.9. The van der Waals surface area contributed by atoms with Crippen LogP contribution in [0, 0.1) is 11.3 Å². The predicted octanol–water partition coefficient (Wildman–Crippen LogP) is 3.87. The second-order valence-electron chi connectivity index (χ2n) is 3.80. The quantitative estimate of drug-likeness (QED) is 0.781. The monoisotopic (exact) mass is 239 g/mol. The first-order valence-electron chi connectivity index (χ1n) is 5.54. The lowest BCUT2D eigenvalue weighted by atomic mass is 9.77. The second kappa shape index (κ2) is 5.62. The summed E-state index contributed by atoms with van der Waals surface area (Å²) in [5.74, 6) is 0.114. The molecule has 4 heteroatoms. The third kappa shape index (κ3) is 2.94. The first-order chi connectivity index (χ1) is 8.07. The van der Waals surface area contributed by atoms with E-state index in [9.17, 15) is 14.0 Å². The molecular formula is C13H15F2NO. The van der Waals surface area contributed by atoms with Crippen LogP contribution in [-0.4, -0.2) is 6.61 Å². The van der Waals surface area contributed by atoms with Gasteiger partial charge < -0.3 is 4.74 Å². The minimum Gasteiger partial charge on any atom is -0.435 e. The molecule has 0 aromatic heterocycles. The van der Waals surface area contributed by atoms with Crippen LogP contribution in [0.3, 0.4) is 0 Å². The van der Waals surface area contributed by atoms with Gasteiger partial charge in [0.2, 0.25) is 0 Å². The molecule has 0 atom stereocenters. The van der Waals surface area contributed by atoms with Gasteiger partial charge in [0.1, 0.15) is 5.75 Å². The Labute approximate surface area is 99.8 Å². The Morgan fingerprint density at radius 3 is 2.12 bits per heavy atom. The SMILES string of the molecule is CCC(C#N)(CC)c1ccc(OC(F)F)cc1. The zero-order valence-electron chi connectivity index (χ0n) is 9.91. The summed E-state index contributed by atoms with van der Waals surface area (Å²) in [6, 6.07) is 8.59. The molecule has 0 bridgehead atoms. The van der Waals surface area contributed by atoms with E-state index < -0.39 is 12.0 Å². The standard InChI is InChI=1S/C13H15F2NO/c1-3-13(4-2,9-16)10-5-7-11(8-6-10)17-12(14)15/h5-8,12H,3-4H2,1-2H3. The lowest BCUT2D eigenvalue weighted by Crippen LogP contribution is -2.21. The molecule has 0 saturated carbocycles. The lowest BCUT2D eigenvalue weighted by Gasteiger charge is -2.24. The van der Waals surface area contributed by atoms with Crippen molar-refractivity contribution in [1.82, 2.24) is 0 Å². The summed E-state index contributed by atoms with van der Waals surface area (Å²) >= 11 is 0. The van der Waals surface area contributed by atoms with Crippen LogP contribution in [-0.2, 0) is 5.41 Å². The van der Waals surface area contributed by atoms with Gasteiger partial charge in [0.15, 0.2) is 0 Å². The number of nitriles is 1. The molecule has 0 heterocycles. The number of alkyl halides is 2. The highest BCUT2D eigenvalue weighted by atomic mass is 19.3. The number of ether oxygens (including phenoxy) is 1. The zero-order valence-corrected chi connectivity index (χ0v) is 9.91. The number of halogens is 2. The number of hydrogen-bond donors (Lipinski definition) is 0. The van der Waals surface area contributed by atoms with Gasteiger partial charge in [-0.25, -0.2) is 0 Å². The van der Waals surface area contributed by atoms with E-state index in [1.54, 1.807) is 12.1 Å². The molecule has 1 aromatic rings. The molecule has 92 valence electrons. The highest BCUT2D eigenvalue weighted by Crippen LogP contribution is 2.32. The van der Waals surface area contributed by atoms with Crippen LogP contribution in [0.4, 0.5) is 8.78 Å². The molecular weight excluding hydrogens is 224 g/mol. The molecule has 0 aliphatic rings. The maximum absolute atomic E-state index is 12.0. The first-order valence-corrected chi connectivity index (χ1v) is 5.54. The van der Waals surface area contributed by atoms with Crippen molar-refractivity contribution in [3.8, 4) is 11.8 Å². The molecule has 0 saturated heterocycles. The van der Waals surface area contributed by atoms with Gasteiger partial charge >= 0.3 is 6.61 Å². The molecule has 0 aliphatic carbocycles. The Hall–Kier alpha value is -1.63. The van der Waals surface area contributed by atoms with Crippen LogP contribution >= 0.6 is 0 Å². The van der Waals surface area contributed by atoms with Gasteiger partial charge in [0.25, 0.3) is 0 Å². The number of nitrogens with zero attached hydrogens (tertiary/aromatic N) is 1. The van der Waals surface area contributed by atoms with E-state index >= 15 is 0 Å². The van der Waals surface area contributed by atoms with Gasteiger partial charge in [0.05, 0.1) is 11.5 Å². The molecule has 1 rings (SSSR count). The van der Waals surface area contributed by atoms with Crippen LogP contribution in [0.2, 0.25) is 0 Å². The maximum Gasteiger partial charge on any atom is 0.387 e. The topological polar surface area (TPSA) is 33.0 Å². The van der Waals surface area contributed by atoms with E-state index in [2.05, 4.69) is 10.8 Å². The van der Waals surface area contributed by atoms with Crippen molar-refractivity contribution >= 4 is 0 Å². The van der Waals surface area contributed by atoms with E-state index in [4.69, 9.17) is 0 Å². The van der Waals surface area contributed by atoms with Crippen LogP contribution in [0.5, 0.6) is 5.75 Å². The van der Waals surface area contributed by atoms with Crippen molar-refractivity contribution in [2.45, 2.75) is 38.7 Å². The summed E-state index contributed by atoms with van der Waals surface area (Å²) in [6.45, 7) is 1.06. The minimum absolute atomic E-state index is 0.114. The van der Waals surface area contributed by atoms with Crippen molar-refractivity contribution < 1.29 is 13.5 Å². The van der Waals surface area contributed by atoms with Gasteiger partial charge in [-0.05, 0) is 30.5 Å². The molecule has 0 spiro atoms. The van der Waals surface area contributed by atoms with Gasteiger partial charge in [-0.3, -0.25) is 0 Å². The van der Waals surface area contributed by atoms with Crippen molar-refractivity contribution in [3.05, 3.63) is 29.8 Å². The summed E-state index contributed by atoms with van der Waals surface area (Å²) in [4.78, 5) is 0. The summed E-state index contributed by atoms with van der Waals surface area (Å²) in [5, 5.41) is 9.24. The average molecular weight is 239 g/mol. The van der Waals surface area contributed by atoms with Crippen molar-refractivity contribution in [1.29, 1.82) is 5.26 Å². The molecule has 2 nitrogen and oxygen atoms in total. The highest BCUT2D eigenvalue weighted by Gasteiger charge is 2.28. The second-order valence-corrected chi connectivity index (χ2v) is 3.80. The highest BCUT2D eigenvalue weighted by molar-refractivity contribution is 5.36. The molecule has 0 aliphatic heterocycles. The van der Waals surface area contributed by atoms with Crippen LogP contribution in [0.25, 0.3) is 0 Å². The number of rotatable bonds is 5. The third-order valence-corrected chi connectivity index (χ3v) is 3.05. The fourth-order valence-corrected chi connectivity index (χ4v) is 1.84. The third-order valence-electron chi connectivity index (χ3n) is 3.05. The Kier molecular flexibility index (Phi) is 4.45. The van der Waals surface area contributed by atoms with Gasteiger partial charge in [-0.2, -0.15) is 14.0 Å². The summed E-state index contributed by atoms with van der Waals surface area (Å²) in [7, 11) is 0. The van der Waals surface area contributed by atoms with E-state index in [-0.39, 0.29) is 5.75 Å². The summed E-state index contributed by atoms with van der Waals surface area (Å²) in [5.41, 5.74) is 0.301. The van der Waals surface area contributed by atoms with Gasteiger partial charge in [0, 0.05) is 0 Å². The van der Waals surface area contributed by atoms with Crippen molar-refractivity contribution in [3.63, 3.8) is 0 Å². The molecule has 17 heavy (non-hydrogen) atoms. The fourth-order valence-electron chi connectivity index (χ4n) is 1.84. The average Bonchev–Trinajstić information content (AvgIpc) is 2.33. The normalized spacial score (nSPS) is 11.3. The summed E-state index contributed by atoms with van der Waals surface area (Å²) < 4.78 is 28.2. The fraction of sp³-hybridized carbons (Fsp3) is 0.462. The smallest absolute Gasteiger partial charge is 0.387 e. The number of hydrogen-bond acceptors (Lipinski definition) is 2. The van der Waals surface area contributed by atoms with Crippen molar-refractivity contribution in [2.75, 3.05) is 0 Å². The molecule has 0 fully saturated rings. The van der Waals surface area contributed by atoms with E-state index in [1.165, 1.54) is 12.1 Å². The molecule has 0 unspecified atom stereocenters. The van der Waals surface area contributed by atoms with E-state index in [0.717, 1.165) is 5.56 Å². The van der Waals surface area contributed by atoms with Crippen LogP contribution < -0.4 is 4.74 Å². The minimum atomic E-state index is -2.82. The molecule has 0 N–H and O–H groups in total. The Morgan fingerprint density at radius 2 is 1.76 bits per heavy atom. The van der Waals surface area contributed by atoms with Crippen molar-refractivity contribution in [2.24, 2.45) is 0 Å². The lowest BCUT2D eigenvalue weighted by molar-refractivity contribution is -0.0498. The molecule has 0 radical (unpaired) electrons. The molecule has 1 aromatic carbocycles. The van der Waals surface area contributed by atoms with E-state index in [1.807, 2.05) is 13.8 Å².